The second-order valence-corrected chi connectivity index (χ2v) is 8.18. The van der Waals surface area contributed by atoms with E-state index in [0.29, 0.717) is 11.1 Å². The van der Waals surface area contributed by atoms with E-state index in [1.807, 2.05) is 26.0 Å². The van der Waals surface area contributed by atoms with Crippen molar-refractivity contribution in [2.75, 3.05) is 0 Å². The first-order chi connectivity index (χ1) is 12.1. The van der Waals surface area contributed by atoms with Crippen LogP contribution in [0.5, 0.6) is 0 Å². The highest BCUT2D eigenvalue weighted by Gasteiger charge is 2.26. The van der Waals surface area contributed by atoms with Crippen LogP contribution in [-0.2, 0) is 5.41 Å². The molecule has 0 N–H and O–H groups in total. The maximum Gasteiger partial charge on any atom is 0.275 e. The van der Waals surface area contributed by atoms with Gasteiger partial charge in [0.05, 0.1) is 4.92 Å². The average molecular weight is 347 g/mol. The minimum absolute atomic E-state index is 0.0223. The molecule has 0 aromatic heterocycles. The lowest BCUT2D eigenvalue weighted by Gasteiger charge is -2.21. The molecule has 1 aromatic rings. The van der Waals surface area contributed by atoms with Gasteiger partial charge in [-0.25, -0.2) is 0 Å². The summed E-state index contributed by atoms with van der Waals surface area (Å²) in [6.45, 7) is 12.4. The van der Waals surface area contributed by atoms with Crippen molar-refractivity contribution in [3.8, 4) is 22.3 Å². The molecule has 3 rings (SSSR count). The fourth-order valence-electron chi connectivity index (χ4n) is 3.69. The molecule has 0 radical (unpaired) electrons. The number of nitrogens with zero attached hydrogens (tertiary/aromatic N) is 1. The van der Waals surface area contributed by atoms with E-state index in [-0.39, 0.29) is 16.0 Å². The molecule has 0 heterocycles. The summed E-state index contributed by atoms with van der Waals surface area (Å²) >= 11 is 0. The Morgan fingerprint density at radius 2 is 1.42 bits per heavy atom. The molecule has 3 nitrogen and oxygen atoms in total. The van der Waals surface area contributed by atoms with Crippen molar-refractivity contribution < 1.29 is 4.92 Å². The molecule has 0 aliphatic heterocycles. The van der Waals surface area contributed by atoms with E-state index in [9.17, 15) is 10.1 Å². The van der Waals surface area contributed by atoms with Gasteiger partial charge >= 0.3 is 0 Å². The summed E-state index contributed by atoms with van der Waals surface area (Å²) in [6.07, 6.45) is 0. The molecule has 0 atom stereocenters. The number of nitro groups is 1. The van der Waals surface area contributed by atoms with E-state index in [2.05, 4.69) is 58.0 Å². The molecule has 1 aromatic carbocycles. The van der Waals surface area contributed by atoms with Crippen LogP contribution in [0.1, 0.15) is 43.0 Å². The second kappa shape index (κ2) is 6.24. The Bertz CT molecular complexity index is 957. The molecule has 0 saturated heterocycles. The first-order valence-electron chi connectivity index (χ1n) is 8.89. The molecular weight excluding hydrogens is 322 g/mol. The van der Waals surface area contributed by atoms with E-state index >= 15 is 0 Å². The van der Waals surface area contributed by atoms with E-state index < -0.39 is 0 Å². The quantitative estimate of drug-likeness (QED) is 0.388. The van der Waals surface area contributed by atoms with Crippen LogP contribution < -0.4 is 0 Å². The van der Waals surface area contributed by atoms with Gasteiger partial charge in [-0.3, -0.25) is 10.1 Å². The third-order valence-electron chi connectivity index (χ3n) is 4.96. The first kappa shape index (κ1) is 18.1. The Morgan fingerprint density at radius 3 is 1.96 bits per heavy atom. The topological polar surface area (TPSA) is 43.1 Å². The summed E-state index contributed by atoms with van der Waals surface area (Å²) in [4.78, 5) is 11.1. The number of hydrogen-bond acceptors (Lipinski definition) is 2. The minimum Gasteiger partial charge on any atom is -0.258 e. The van der Waals surface area contributed by atoms with Gasteiger partial charge in [-0.05, 0) is 72.2 Å². The van der Waals surface area contributed by atoms with Gasteiger partial charge in [0.15, 0.2) is 0 Å². The third kappa shape index (κ3) is 3.10. The zero-order chi connectivity index (χ0) is 19.2. The molecule has 2 aliphatic carbocycles. The van der Waals surface area contributed by atoms with Crippen LogP contribution in [0.25, 0.3) is 22.3 Å². The maximum atomic E-state index is 11.4. The highest BCUT2D eigenvalue weighted by atomic mass is 16.6. The smallest absolute Gasteiger partial charge is 0.258 e. The van der Waals surface area contributed by atoms with Crippen LogP contribution in [0.4, 0.5) is 5.69 Å². The van der Waals surface area contributed by atoms with Crippen LogP contribution >= 0.6 is 0 Å². The Balaban J connectivity index is 2.37. The largest absolute Gasteiger partial charge is 0.275 e. The highest BCUT2D eigenvalue weighted by molar-refractivity contribution is 5.91. The molecule has 0 unspecified atom stereocenters. The number of aryl methyl sites for hydroxylation is 3. The van der Waals surface area contributed by atoms with Gasteiger partial charge in [0.1, 0.15) is 0 Å². The lowest BCUT2D eigenvalue weighted by Crippen LogP contribution is -2.11. The van der Waals surface area contributed by atoms with E-state index in [4.69, 9.17) is 0 Å². The van der Waals surface area contributed by atoms with Gasteiger partial charge in [-0.15, -0.1) is 0 Å². The Kier molecular flexibility index (Phi) is 4.35. The summed E-state index contributed by atoms with van der Waals surface area (Å²) in [5, 5.41) is 11.4. The van der Waals surface area contributed by atoms with Crippen LogP contribution in [-0.4, -0.2) is 4.92 Å². The monoisotopic (exact) mass is 347 g/mol. The summed E-state index contributed by atoms with van der Waals surface area (Å²) in [6, 6.07) is 14.8. The van der Waals surface area contributed by atoms with Crippen molar-refractivity contribution in [3.63, 3.8) is 0 Å². The standard InChI is InChI=1S/C23H25NO2/c1-14-7-9-17-13-20(23(4,5)6)21(19(17)10-8-14)18-11-15(2)22(24(25)26)16(3)12-18/h7-13H,1-6H3. The molecule has 0 fully saturated rings. The summed E-state index contributed by atoms with van der Waals surface area (Å²) in [5.74, 6) is 0. The van der Waals surface area contributed by atoms with Crippen molar-refractivity contribution >= 4 is 5.69 Å². The van der Waals surface area contributed by atoms with Crippen molar-refractivity contribution in [3.05, 3.63) is 74.8 Å². The molecule has 26 heavy (non-hydrogen) atoms. The SMILES string of the molecule is Cc1ccc2cc(C(C)(C)C)c(-c3cc(C)c([N+](=O)[O-])c(C)c3)c-2cc1. The van der Waals surface area contributed by atoms with Gasteiger partial charge in [0.2, 0.25) is 0 Å². The fraction of sp³-hybridized carbons (Fsp3) is 0.304. The van der Waals surface area contributed by atoms with Crippen molar-refractivity contribution in [2.45, 2.75) is 47.0 Å². The second-order valence-electron chi connectivity index (χ2n) is 8.18. The number of rotatable bonds is 2. The van der Waals surface area contributed by atoms with Crippen LogP contribution in [0.2, 0.25) is 0 Å². The average Bonchev–Trinajstić information content (AvgIpc) is 2.79. The third-order valence-corrected chi connectivity index (χ3v) is 4.96. The van der Waals surface area contributed by atoms with E-state index in [0.717, 1.165) is 5.56 Å². The molecule has 0 amide bonds. The molecule has 0 bridgehead atoms. The van der Waals surface area contributed by atoms with Gasteiger partial charge in [-0.1, -0.05) is 50.6 Å². The lowest BCUT2D eigenvalue weighted by atomic mass is 9.83. The van der Waals surface area contributed by atoms with Gasteiger partial charge < -0.3 is 0 Å². The number of benzene rings is 1. The van der Waals surface area contributed by atoms with Gasteiger partial charge in [-0.2, -0.15) is 0 Å². The fourth-order valence-corrected chi connectivity index (χ4v) is 3.69. The predicted molar refractivity (Wildman–Crippen MR) is 108 cm³/mol. The lowest BCUT2D eigenvalue weighted by molar-refractivity contribution is -0.386. The molecule has 134 valence electrons. The minimum atomic E-state index is -0.286. The molecular formula is C23H25NO2. The van der Waals surface area contributed by atoms with Crippen molar-refractivity contribution in [1.82, 2.24) is 0 Å². The zero-order valence-electron chi connectivity index (χ0n) is 16.3. The normalized spacial score (nSPS) is 11.8. The van der Waals surface area contributed by atoms with Crippen LogP contribution in [0.15, 0.2) is 42.5 Å². The van der Waals surface area contributed by atoms with Gasteiger partial charge in [0, 0.05) is 11.1 Å². The predicted octanol–water partition coefficient (Wildman–Crippen LogP) is 6.59. The summed E-state index contributed by atoms with van der Waals surface area (Å²) in [7, 11) is 0. The number of hydrogen-bond donors (Lipinski definition) is 0. The molecule has 3 heteroatoms. The number of fused-ring (bicyclic) bond motifs is 1. The van der Waals surface area contributed by atoms with E-state index in [1.54, 1.807) is 0 Å². The number of nitro benzene ring substituents is 1. The van der Waals surface area contributed by atoms with Gasteiger partial charge in [0.25, 0.3) is 5.69 Å². The molecule has 0 saturated carbocycles. The van der Waals surface area contributed by atoms with E-state index in [1.165, 1.54) is 27.8 Å². The Labute approximate surface area is 155 Å². The maximum absolute atomic E-state index is 11.4. The summed E-state index contributed by atoms with van der Waals surface area (Å²) < 4.78 is 0. The Morgan fingerprint density at radius 1 is 0.846 bits per heavy atom. The first-order valence-corrected chi connectivity index (χ1v) is 8.89. The highest BCUT2D eigenvalue weighted by Crippen LogP contribution is 2.45. The molecule has 2 aliphatic rings. The summed E-state index contributed by atoms with van der Waals surface area (Å²) in [5.41, 5.74) is 8.70. The zero-order valence-corrected chi connectivity index (χ0v) is 16.3. The van der Waals surface area contributed by atoms with Crippen molar-refractivity contribution in [1.29, 1.82) is 0 Å². The Hall–Kier alpha value is -2.68. The van der Waals surface area contributed by atoms with Crippen LogP contribution in [0, 0.1) is 30.9 Å². The van der Waals surface area contributed by atoms with Crippen molar-refractivity contribution in [2.24, 2.45) is 0 Å². The molecule has 0 spiro atoms. The van der Waals surface area contributed by atoms with Crippen LogP contribution in [0.3, 0.4) is 0 Å².